The molecule has 1 aliphatic rings. The highest BCUT2D eigenvalue weighted by Gasteiger charge is 2.39. The molecular weight excluding hydrogens is 202 g/mol. The number of hydrogen-bond acceptors (Lipinski definition) is 3. The summed E-state index contributed by atoms with van der Waals surface area (Å²) >= 11 is 0. The lowest BCUT2D eigenvalue weighted by Gasteiger charge is -2.43. The smallest absolute Gasteiger partial charge is 0.0878 e. The van der Waals surface area contributed by atoms with Crippen molar-refractivity contribution in [3.05, 3.63) is 0 Å². The van der Waals surface area contributed by atoms with Crippen LogP contribution in [0.1, 0.15) is 46.5 Å². The lowest BCUT2D eigenvalue weighted by molar-refractivity contribution is -0.127. The van der Waals surface area contributed by atoms with Gasteiger partial charge in [-0.05, 0) is 26.3 Å². The molecule has 1 atom stereocenters. The number of rotatable bonds is 7. The summed E-state index contributed by atoms with van der Waals surface area (Å²) in [6.45, 7) is 10.1. The van der Waals surface area contributed by atoms with E-state index in [2.05, 4.69) is 26.1 Å². The van der Waals surface area contributed by atoms with Crippen LogP contribution in [0.25, 0.3) is 0 Å². The van der Waals surface area contributed by atoms with Gasteiger partial charge in [0.05, 0.1) is 5.60 Å². The highest BCUT2D eigenvalue weighted by atomic mass is 16.5. The SMILES string of the molecule is CCCNC(CC)C1(OCC)CCOCC1. The Morgan fingerprint density at radius 2 is 1.94 bits per heavy atom. The van der Waals surface area contributed by atoms with Crippen LogP contribution in [0.5, 0.6) is 0 Å². The molecule has 0 bridgehead atoms. The van der Waals surface area contributed by atoms with Crippen molar-refractivity contribution in [1.29, 1.82) is 0 Å². The lowest BCUT2D eigenvalue weighted by Crippen LogP contribution is -2.55. The number of hydrogen-bond donors (Lipinski definition) is 1. The van der Waals surface area contributed by atoms with E-state index in [9.17, 15) is 0 Å². The van der Waals surface area contributed by atoms with E-state index in [1.807, 2.05) is 0 Å². The van der Waals surface area contributed by atoms with Gasteiger partial charge in [0.1, 0.15) is 0 Å². The first-order chi connectivity index (χ1) is 7.79. The van der Waals surface area contributed by atoms with Crippen LogP contribution in [-0.4, -0.2) is 38.0 Å². The molecule has 1 rings (SSSR count). The maximum absolute atomic E-state index is 6.08. The van der Waals surface area contributed by atoms with Crippen LogP contribution >= 0.6 is 0 Å². The minimum Gasteiger partial charge on any atom is -0.381 e. The molecule has 1 fully saturated rings. The molecule has 1 N–H and O–H groups in total. The standard InChI is InChI=1S/C13H27NO2/c1-4-9-14-12(5-2)13(16-6-3)7-10-15-11-8-13/h12,14H,4-11H2,1-3H3. The van der Waals surface area contributed by atoms with Crippen LogP contribution in [0.15, 0.2) is 0 Å². The van der Waals surface area contributed by atoms with Gasteiger partial charge in [-0.3, -0.25) is 0 Å². The zero-order chi connectivity index (χ0) is 11.9. The van der Waals surface area contributed by atoms with Gasteiger partial charge in [0.25, 0.3) is 0 Å². The molecule has 0 aromatic carbocycles. The fourth-order valence-electron chi connectivity index (χ4n) is 2.62. The zero-order valence-corrected chi connectivity index (χ0v) is 11.1. The second kappa shape index (κ2) is 7.25. The lowest BCUT2D eigenvalue weighted by atomic mass is 9.84. The van der Waals surface area contributed by atoms with Crippen LogP contribution in [0.4, 0.5) is 0 Å². The van der Waals surface area contributed by atoms with Crippen LogP contribution in [0.3, 0.4) is 0 Å². The molecule has 0 aromatic heterocycles. The topological polar surface area (TPSA) is 30.5 Å². The predicted molar refractivity (Wildman–Crippen MR) is 66.8 cm³/mol. The molecule has 0 aromatic rings. The van der Waals surface area contributed by atoms with E-state index < -0.39 is 0 Å². The van der Waals surface area contributed by atoms with E-state index in [-0.39, 0.29) is 5.60 Å². The average molecular weight is 229 g/mol. The highest BCUT2D eigenvalue weighted by Crippen LogP contribution is 2.30. The maximum Gasteiger partial charge on any atom is 0.0878 e. The van der Waals surface area contributed by atoms with Crippen molar-refractivity contribution in [2.75, 3.05) is 26.4 Å². The van der Waals surface area contributed by atoms with Crippen molar-refractivity contribution < 1.29 is 9.47 Å². The molecule has 1 heterocycles. The van der Waals surface area contributed by atoms with Crippen molar-refractivity contribution >= 4 is 0 Å². The Hall–Kier alpha value is -0.120. The summed E-state index contributed by atoms with van der Waals surface area (Å²) in [5.74, 6) is 0. The van der Waals surface area contributed by atoms with Crippen molar-refractivity contribution in [2.24, 2.45) is 0 Å². The van der Waals surface area contributed by atoms with Gasteiger partial charge in [0.2, 0.25) is 0 Å². The molecule has 0 amide bonds. The molecule has 3 heteroatoms. The van der Waals surface area contributed by atoms with E-state index in [1.165, 1.54) is 6.42 Å². The van der Waals surface area contributed by atoms with Crippen molar-refractivity contribution in [1.82, 2.24) is 5.32 Å². The molecular formula is C13H27NO2. The van der Waals surface area contributed by atoms with Crippen molar-refractivity contribution in [3.8, 4) is 0 Å². The van der Waals surface area contributed by atoms with Gasteiger partial charge in [0.15, 0.2) is 0 Å². The van der Waals surface area contributed by atoms with Crippen LogP contribution < -0.4 is 5.32 Å². The summed E-state index contributed by atoms with van der Waals surface area (Å²) < 4.78 is 11.5. The average Bonchev–Trinajstić information content (AvgIpc) is 2.31. The summed E-state index contributed by atoms with van der Waals surface area (Å²) in [6.07, 6.45) is 4.35. The third kappa shape index (κ3) is 3.44. The Kier molecular flexibility index (Phi) is 6.32. The van der Waals surface area contributed by atoms with Gasteiger partial charge in [-0.15, -0.1) is 0 Å². The van der Waals surface area contributed by atoms with Gasteiger partial charge in [0, 0.05) is 38.7 Å². The zero-order valence-electron chi connectivity index (χ0n) is 11.1. The third-order valence-corrected chi connectivity index (χ3v) is 3.45. The second-order valence-corrected chi connectivity index (χ2v) is 4.53. The summed E-state index contributed by atoms with van der Waals surface area (Å²) in [6, 6.07) is 0.469. The number of nitrogens with one attached hydrogen (secondary N) is 1. The Labute approximate surface area is 99.9 Å². The summed E-state index contributed by atoms with van der Waals surface area (Å²) in [5.41, 5.74) is 0.0108. The Morgan fingerprint density at radius 3 is 2.44 bits per heavy atom. The quantitative estimate of drug-likeness (QED) is 0.727. The van der Waals surface area contributed by atoms with Gasteiger partial charge >= 0.3 is 0 Å². The minimum absolute atomic E-state index is 0.0108. The third-order valence-electron chi connectivity index (χ3n) is 3.45. The largest absolute Gasteiger partial charge is 0.381 e. The van der Waals surface area contributed by atoms with Gasteiger partial charge < -0.3 is 14.8 Å². The van der Waals surface area contributed by atoms with Crippen molar-refractivity contribution in [2.45, 2.75) is 58.1 Å². The van der Waals surface area contributed by atoms with Crippen LogP contribution in [-0.2, 0) is 9.47 Å². The molecule has 16 heavy (non-hydrogen) atoms. The first-order valence-corrected chi connectivity index (χ1v) is 6.74. The normalized spacial score (nSPS) is 21.9. The Bertz CT molecular complexity index is 173. The van der Waals surface area contributed by atoms with Gasteiger partial charge in [-0.25, -0.2) is 0 Å². The first-order valence-electron chi connectivity index (χ1n) is 6.74. The fraction of sp³-hybridized carbons (Fsp3) is 1.00. The first kappa shape index (κ1) is 13.9. The highest BCUT2D eigenvalue weighted by molar-refractivity contribution is 4.94. The monoisotopic (exact) mass is 229 g/mol. The second-order valence-electron chi connectivity index (χ2n) is 4.53. The molecule has 1 saturated heterocycles. The minimum atomic E-state index is 0.0108. The predicted octanol–water partition coefficient (Wildman–Crippen LogP) is 2.35. The molecule has 96 valence electrons. The Morgan fingerprint density at radius 1 is 1.25 bits per heavy atom. The van der Waals surface area contributed by atoms with Crippen LogP contribution in [0.2, 0.25) is 0 Å². The molecule has 1 unspecified atom stereocenters. The molecule has 0 radical (unpaired) electrons. The molecule has 3 nitrogen and oxygen atoms in total. The molecule has 0 aliphatic carbocycles. The van der Waals surface area contributed by atoms with E-state index in [0.29, 0.717) is 6.04 Å². The van der Waals surface area contributed by atoms with Gasteiger partial charge in [-0.1, -0.05) is 13.8 Å². The maximum atomic E-state index is 6.08. The summed E-state index contributed by atoms with van der Waals surface area (Å²) in [4.78, 5) is 0. The molecule has 1 aliphatic heterocycles. The molecule has 0 spiro atoms. The van der Waals surface area contributed by atoms with E-state index in [0.717, 1.165) is 45.6 Å². The molecule has 0 saturated carbocycles. The van der Waals surface area contributed by atoms with E-state index >= 15 is 0 Å². The van der Waals surface area contributed by atoms with Crippen LogP contribution in [0, 0.1) is 0 Å². The summed E-state index contributed by atoms with van der Waals surface area (Å²) in [5, 5.41) is 3.63. The number of ether oxygens (including phenoxy) is 2. The Balaban J connectivity index is 2.63. The van der Waals surface area contributed by atoms with Crippen molar-refractivity contribution in [3.63, 3.8) is 0 Å². The van der Waals surface area contributed by atoms with E-state index in [1.54, 1.807) is 0 Å². The van der Waals surface area contributed by atoms with Gasteiger partial charge in [-0.2, -0.15) is 0 Å². The summed E-state index contributed by atoms with van der Waals surface area (Å²) in [7, 11) is 0. The fourth-order valence-corrected chi connectivity index (χ4v) is 2.62. The van der Waals surface area contributed by atoms with E-state index in [4.69, 9.17) is 9.47 Å².